The molecule has 2 heterocycles. The van der Waals surface area contributed by atoms with Crippen LogP contribution in [-0.2, 0) is 22.9 Å². The highest BCUT2D eigenvalue weighted by Gasteiger charge is 2.50. The summed E-state index contributed by atoms with van der Waals surface area (Å²) in [5.74, 6) is 0. The van der Waals surface area contributed by atoms with Gasteiger partial charge in [0.25, 0.3) is 5.56 Å². The van der Waals surface area contributed by atoms with Gasteiger partial charge in [-0.25, -0.2) is 18.3 Å². The Labute approximate surface area is 177 Å². The number of phosphoric acid groups is 2. The molecule has 0 saturated carbocycles. The molecule has 0 unspecified atom stereocenters. The summed E-state index contributed by atoms with van der Waals surface area (Å²) in [6.07, 6.45) is -7.19. The van der Waals surface area contributed by atoms with E-state index in [0.29, 0.717) is 4.57 Å². The molecule has 0 amide bonds. The van der Waals surface area contributed by atoms with Crippen LogP contribution in [0.2, 0.25) is 0 Å². The Morgan fingerprint density at radius 1 is 1.12 bits per heavy atom. The number of phosphoric ester groups is 2. The van der Waals surface area contributed by atoms with Crippen LogP contribution in [0.3, 0.4) is 0 Å². The molecule has 7 N–H and O–H groups in total. The van der Waals surface area contributed by atoms with E-state index in [9.17, 15) is 18.7 Å². The van der Waals surface area contributed by atoms with Gasteiger partial charge in [-0.05, 0) is 6.07 Å². The minimum atomic E-state index is -5.29. The number of hydrogen-bond acceptors (Lipinski definition) is 8. The number of anilines is 1. The molecular weight excluding hydrogens is 479 g/mol. The molecule has 2 aromatic rings. The van der Waals surface area contributed by atoms with Crippen molar-refractivity contribution in [2.75, 3.05) is 12.3 Å². The maximum atomic E-state index is 15.1. The van der Waals surface area contributed by atoms with Gasteiger partial charge in [0, 0.05) is 17.4 Å². The van der Waals surface area contributed by atoms with Crippen molar-refractivity contribution < 1.29 is 46.9 Å². The van der Waals surface area contributed by atoms with Crippen molar-refractivity contribution >= 4 is 21.3 Å². The summed E-state index contributed by atoms with van der Waals surface area (Å²) in [5.41, 5.74) is 4.10. The number of para-hydroxylation sites is 1. The molecule has 14 nitrogen and oxygen atoms in total. The predicted molar refractivity (Wildman–Crippen MR) is 105 cm³/mol. The lowest BCUT2D eigenvalue weighted by molar-refractivity contribution is -0.0478. The Bertz CT molecular complexity index is 1210. The fourth-order valence-corrected chi connectivity index (χ4v) is 4.03. The number of benzene rings is 1. The molecule has 32 heavy (non-hydrogen) atoms. The van der Waals surface area contributed by atoms with E-state index >= 15 is 4.39 Å². The number of alkyl halides is 1. The van der Waals surface area contributed by atoms with Crippen molar-refractivity contribution in [2.45, 2.75) is 24.6 Å². The first-order chi connectivity index (χ1) is 14.8. The van der Waals surface area contributed by atoms with Crippen LogP contribution in [0.15, 0.2) is 40.1 Å². The van der Waals surface area contributed by atoms with Gasteiger partial charge in [0.1, 0.15) is 12.2 Å². The summed E-state index contributed by atoms with van der Waals surface area (Å²) >= 11 is 0. The second-order valence-corrected chi connectivity index (χ2v) is 9.08. The van der Waals surface area contributed by atoms with Gasteiger partial charge in [0.15, 0.2) is 12.4 Å². The second kappa shape index (κ2) is 8.98. The quantitative estimate of drug-likeness (QED) is 0.212. The van der Waals surface area contributed by atoms with Crippen molar-refractivity contribution in [3.8, 4) is 11.1 Å². The van der Waals surface area contributed by atoms with E-state index in [1.165, 1.54) is 12.1 Å². The van der Waals surface area contributed by atoms with E-state index in [2.05, 4.69) is 9.05 Å². The fraction of sp³-hybridized carbons (Fsp3) is 0.333. The largest absolute Gasteiger partial charge is 0.470 e. The Kier molecular flexibility index (Phi) is 6.86. The highest BCUT2D eigenvalue weighted by Crippen LogP contribution is 2.46. The zero-order valence-electron chi connectivity index (χ0n) is 15.8. The minimum Gasteiger partial charge on any atom is -0.398 e. The molecule has 3 rings (SSSR count). The lowest BCUT2D eigenvalue weighted by atomic mass is 10.1. The summed E-state index contributed by atoms with van der Waals surface area (Å²) in [7, 11) is -10.3. The van der Waals surface area contributed by atoms with E-state index in [1.54, 1.807) is 12.1 Å². The molecule has 1 aromatic heterocycles. The van der Waals surface area contributed by atoms with Crippen LogP contribution in [0.4, 0.5) is 10.1 Å². The lowest BCUT2D eigenvalue weighted by Crippen LogP contribution is -2.37. The number of nitrogens with one attached hydrogen (secondary N) is 1. The number of nitrogen functional groups attached to an aromatic ring is 1. The second-order valence-electron chi connectivity index (χ2n) is 6.65. The zero-order chi connectivity index (χ0) is 23.8. The molecule has 0 aliphatic carbocycles. The molecule has 4 atom stereocenters. The monoisotopic (exact) mass is 497 g/mol. The summed E-state index contributed by atoms with van der Waals surface area (Å²) in [6.45, 7) is -1.03. The van der Waals surface area contributed by atoms with Gasteiger partial charge in [-0.1, -0.05) is 18.2 Å². The molecule has 1 saturated heterocycles. The van der Waals surface area contributed by atoms with Crippen LogP contribution in [-0.4, -0.2) is 54.1 Å². The number of rotatable bonds is 7. The topological polar surface area (TPSA) is 224 Å². The third kappa shape index (κ3) is 5.59. The molecule has 1 aliphatic heterocycles. The van der Waals surface area contributed by atoms with E-state index in [-0.39, 0.29) is 16.8 Å². The Hall–Kier alpha value is -2.19. The van der Waals surface area contributed by atoms with Crippen LogP contribution in [0.1, 0.15) is 6.23 Å². The summed E-state index contributed by atoms with van der Waals surface area (Å²) in [5, 5.41) is 0. The SMILES string of the molecule is Nc1ccccc1-c1cn([C@@H]2O[C@H](COP(=O)(O)O)[C@@H](OP(=O)(O)O)[C@@H]2F)c(=O)[nH]c1=O. The zero-order valence-corrected chi connectivity index (χ0v) is 17.6. The minimum absolute atomic E-state index is 0.138. The van der Waals surface area contributed by atoms with Crippen LogP contribution in [0.5, 0.6) is 0 Å². The van der Waals surface area contributed by atoms with Crippen molar-refractivity contribution in [3.05, 3.63) is 51.3 Å². The molecule has 17 heteroatoms. The number of H-pyrrole nitrogens is 1. The van der Waals surface area contributed by atoms with Gasteiger partial charge in [0.05, 0.1) is 12.2 Å². The average molecular weight is 497 g/mol. The number of hydrogen-bond donors (Lipinski definition) is 6. The fourth-order valence-electron chi connectivity index (χ4n) is 3.12. The van der Waals surface area contributed by atoms with Crippen LogP contribution in [0.25, 0.3) is 11.1 Å². The van der Waals surface area contributed by atoms with Crippen molar-refractivity contribution in [2.24, 2.45) is 0 Å². The summed E-state index contributed by atoms with van der Waals surface area (Å²) < 4.78 is 51.8. The van der Waals surface area contributed by atoms with E-state index < -0.39 is 58.1 Å². The van der Waals surface area contributed by atoms with Crippen molar-refractivity contribution in [1.82, 2.24) is 9.55 Å². The van der Waals surface area contributed by atoms with Crippen molar-refractivity contribution in [3.63, 3.8) is 0 Å². The maximum Gasteiger partial charge on any atom is 0.470 e. The van der Waals surface area contributed by atoms with Crippen molar-refractivity contribution in [1.29, 1.82) is 0 Å². The molecule has 0 radical (unpaired) electrons. The molecule has 0 spiro atoms. The van der Waals surface area contributed by atoms with Gasteiger partial charge in [-0.2, -0.15) is 0 Å². The molecule has 176 valence electrons. The molecule has 1 aromatic carbocycles. The number of aromatic nitrogens is 2. The van der Waals surface area contributed by atoms with Gasteiger partial charge in [-0.15, -0.1) is 0 Å². The number of nitrogens with zero attached hydrogens (tertiary/aromatic N) is 1. The first-order valence-corrected chi connectivity index (χ1v) is 11.8. The average Bonchev–Trinajstić information content (AvgIpc) is 2.95. The molecule has 1 fully saturated rings. The van der Waals surface area contributed by atoms with Gasteiger partial charge >= 0.3 is 21.3 Å². The predicted octanol–water partition coefficient (Wildman–Crippen LogP) is -0.392. The first kappa shape index (κ1) is 24.5. The first-order valence-electron chi connectivity index (χ1n) is 8.71. The number of halogens is 1. The van der Waals surface area contributed by atoms with Crippen LogP contribution < -0.4 is 17.0 Å². The number of aromatic amines is 1. The number of nitrogens with two attached hydrogens (primary N) is 1. The molecule has 0 bridgehead atoms. The van der Waals surface area contributed by atoms with E-state index in [4.69, 9.17) is 30.0 Å². The highest BCUT2D eigenvalue weighted by atomic mass is 31.2. The highest BCUT2D eigenvalue weighted by molar-refractivity contribution is 7.46. The Balaban J connectivity index is 2.03. The van der Waals surface area contributed by atoms with Gasteiger partial charge in [0.2, 0.25) is 0 Å². The Morgan fingerprint density at radius 2 is 1.78 bits per heavy atom. The van der Waals surface area contributed by atoms with E-state index in [1.807, 2.05) is 4.98 Å². The standard InChI is InChI=1S/C15H18FN3O11P2/c16-11-12(30-32(25,26)27)10(6-28-31(22,23)24)29-14(11)19-5-8(13(20)18-15(19)21)7-3-1-2-4-9(7)17/h1-5,10-12,14H,6,17H2,(H,18,20,21)(H2,22,23,24)(H2,25,26,27)/t10-,11+,12-,14-/m1/s1. The normalized spacial score (nSPS) is 24.0. The van der Waals surface area contributed by atoms with Gasteiger partial charge < -0.3 is 30.0 Å². The van der Waals surface area contributed by atoms with E-state index in [0.717, 1.165) is 6.20 Å². The Morgan fingerprint density at radius 3 is 2.38 bits per heavy atom. The summed E-state index contributed by atoms with van der Waals surface area (Å²) in [4.78, 5) is 62.4. The lowest BCUT2D eigenvalue weighted by Gasteiger charge is -2.19. The van der Waals surface area contributed by atoms with Crippen LogP contribution >= 0.6 is 15.6 Å². The summed E-state index contributed by atoms with van der Waals surface area (Å²) in [6, 6.07) is 6.10. The third-order valence-corrected chi connectivity index (χ3v) is 5.43. The molecular formula is C15H18FN3O11P2. The smallest absolute Gasteiger partial charge is 0.398 e. The van der Waals surface area contributed by atoms with Gasteiger partial charge in [-0.3, -0.25) is 23.4 Å². The molecule has 1 aliphatic rings. The number of ether oxygens (including phenoxy) is 1. The van der Waals surface area contributed by atoms with Crippen LogP contribution in [0, 0.1) is 0 Å². The maximum absolute atomic E-state index is 15.1. The third-order valence-electron chi connectivity index (χ3n) is 4.43.